The highest BCUT2D eigenvalue weighted by Gasteiger charge is 2.37. The molecule has 0 atom stereocenters. The maximum atomic E-state index is 12.1. The van der Waals surface area contributed by atoms with E-state index in [1.54, 1.807) is 12.1 Å². The molecule has 1 aliphatic heterocycles. The fraction of sp³-hybridized carbons (Fsp3) is 0.533. The van der Waals surface area contributed by atoms with Gasteiger partial charge in [-0.1, -0.05) is 0 Å². The first-order chi connectivity index (χ1) is 9.49. The van der Waals surface area contributed by atoms with Gasteiger partial charge in [0.05, 0.1) is 6.10 Å². The number of carbonyl (C=O) groups is 1. The zero-order chi connectivity index (χ0) is 14.6. The molecule has 0 radical (unpaired) electrons. The maximum Gasteiger partial charge on any atom is 0.256 e. The maximum absolute atomic E-state index is 12.1. The minimum atomic E-state index is -1.27. The van der Waals surface area contributed by atoms with Crippen LogP contribution in [0.15, 0.2) is 24.3 Å². The van der Waals surface area contributed by atoms with Gasteiger partial charge in [0.15, 0.2) is 0 Å². The van der Waals surface area contributed by atoms with Gasteiger partial charge in [-0.25, -0.2) is 0 Å². The quantitative estimate of drug-likeness (QED) is 0.781. The number of amides is 1. The molecule has 1 aromatic rings. The Morgan fingerprint density at radius 3 is 2.45 bits per heavy atom. The third-order valence-corrected chi connectivity index (χ3v) is 3.34. The van der Waals surface area contributed by atoms with Crippen molar-refractivity contribution in [3.63, 3.8) is 0 Å². The lowest BCUT2D eigenvalue weighted by atomic mass is 9.91. The van der Waals surface area contributed by atoms with E-state index in [1.165, 1.54) is 0 Å². The molecule has 0 aliphatic carbocycles. The number of piperidine rings is 1. The highest BCUT2D eigenvalue weighted by atomic mass is 16.5. The number of nitrogens with one attached hydrogen (secondary N) is 2. The van der Waals surface area contributed by atoms with Crippen molar-refractivity contribution in [1.29, 1.82) is 0 Å². The van der Waals surface area contributed by atoms with Crippen LogP contribution in [0.3, 0.4) is 0 Å². The summed E-state index contributed by atoms with van der Waals surface area (Å²) in [6.07, 6.45) is 0.992. The van der Waals surface area contributed by atoms with Gasteiger partial charge in [0.1, 0.15) is 11.4 Å². The van der Waals surface area contributed by atoms with E-state index < -0.39 is 5.60 Å². The van der Waals surface area contributed by atoms with E-state index in [1.807, 2.05) is 26.0 Å². The molecular formula is C15H22N2O3. The number of benzene rings is 1. The predicted molar refractivity (Wildman–Crippen MR) is 77.9 cm³/mol. The summed E-state index contributed by atoms with van der Waals surface area (Å²) in [5.74, 6) is 0.426. The molecule has 110 valence electrons. The molecular weight excluding hydrogens is 256 g/mol. The van der Waals surface area contributed by atoms with Crippen molar-refractivity contribution in [3.8, 4) is 5.75 Å². The summed E-state index contributed by atoms with van der Waals surface area (Å²) in [6.45, 7) is 5.24. The Labute approximate surface area is 119 Å². The molecule has 0 bridgehead atoms. The van der Waals surface area contributed by atoms with Crippen molar-refractivity contribution in [2.24, 2.45) is 0 Å². The summed E-state index contributed by atoms with van der Waals surface area (Å²) in [7, 11) is 0. The van der Waals surface area contributed by atoms with Crippen LogP contribution in [-0.2, 0) is 4.79 Å². The Bertz CT molecular complexity index is 451. The summed E-state index contributed by atoms with van der Waals surface area (Å²) in [4.78, 5) is 12.1. The molecule has 0 spiro atoms. The molecule has 5 heteroatoms. The molecule has 1 heterocycles. The standard InChI is InChI=1S/C15H22N2O3/c1-11(2)20-13-5-3-12(4-6-13)17-14(18)15(19)7-9-16-10-8-15/h3-6,11,16,19H,7-10H2,1-2H3,(H,17,18). The number of hydrogen-bond acceptors (Lipinski definition) is 4. The van der Waals surface area contributed by atoms with Crippen LogP contribution in [0.5, 0.6) is 5.75 Å². The molecule has 0 aromatic heterocycles. The minimum absolute atomic E-state index is 0.117. The Hall–Kier alpha value is -1.59. The van der Waals surface area contributed by atoms with Crippen LogP contribution in [-0.4, -0.2) is 35.8 Å². The van der Waals surface area contributed by atoms with E-state index in [0.29, 0.717) is 31.6 Å². The molecule has 2 rings (SSSR count). The van der Waals surface area contributed by atoms with Gasteiger partial charge in [0.2, 0.25) is 0 Å². The SMILES string of the molecule is CC(C)Oc1ccc(NC(=O)C2(O)CCNCC2)cc1. The van der Waals surface area contributed by atoms with Crippen molar-refractivity contribution >= 4 is 11.6 Å². The van der Waals surface area contributed by atoms with Crippen LogP contribution >= 0.6 is 0 Å². The van der Waals surface area contributed by atoms with Crippen LogP contribution in [0, 0.1) is 0 Å². The van der Waals surface area contributed by atoms with E-state index >= 15 is 0 Å². The van der Waals surface area contributed by atoms with Gasteiger partial charge in [-0.2, -0.15) is 0 Å². The third kappa shape index (κ3) is 3.71. The highest BCUT2D eigenvalue weighted by Crippen LogP contribution is 2.22. The van der Waals surface area contributed by atoms with Gasteiger partial charge in [-0.15, -0.1) is 0 Å². The van der Waals surface area contributed by atoms with E-state index in [9.17, 15) is 9.90 Å². The van der Waals surface area contributed by atoms with Gasteiger partial charge >= 0.3 is 0 Å². The fourth-order valence-corrected chi connectivity index (χ4v) is 2.20. The normalized spacial score (nSPS) is 17.8. The topological polar surface area (TPSA) is 70.6 Å². The van der Waals surface area contributed by atoms with Crippen LogP contribution in [0.4, 0.5) is 5.69 Å². The van der Waals surface area contributed by atoms with Gasteiger partial charge in [0, 0.05) is 5.69 Å². The summed E-state index contributed by atoms with van der Waals surface area (Å²) in [5.41, 5.74) is -0.601. The summed E-state index contributed by atoms with van der Waals surface area (Å²) in [5, 5.41) is 16.2. The van der Waals surface area contributed by atoms with E-state index in [2.05, 4.69) is 10.6 Å². The minimum Gasteiger partial charge on any atom is -0.491 e. The summed E-state index contributed by atoms with van der Waals surface area (Å²) >= 11 is 0. The molecule has 1 saturated heterocycles. The molecule has 1 amide bonds. The number of aliphatic hydroxyl groups is 1. The number of rotatable bonds is 4. The predicted octanol–water partition coefficient (Wildman–Crippen LogP) is 1.53. The summed E-state index contributed by atoms with van der Waals surface area (Å²) < 4.78 is 5.54. The van der Waals surface area contributed by atoms with Gasteiger partial charge in [0.25, 0.3) is 5.91 Å². The molecule has 3 N–H and O–H groups in total. The fourth-order valence-electron chi connectivity index (χ4n) is 2.20. The lowest BCUT2D eigenvalue weighted by molar-refractivity contribution is -0.136. The van der Waals surface area contributed by atoms with Crippen LogP contribution < -0.4 is 15.4 Å². The van der Waals surface area contributed by atoms with E-state index in [0.717, 1.165) is 5.75 Å². The second-order valence-corrected chi connectivity index (χ2v) is 5.43. The van der Waals surface area contributed by atoms with Crippen LogP contribution in [0.2, 0.25) is 0 Å². The van der Waals surface area contributed by atoms with E-state index in [-0.39, 0.29) is 12.0 Å². The molecule has 0 unspecified atom stereocenters. The van der Waals surface area contributed by atoms with Crippen molar-refractivity contribution in [2.45, 2.75) is 38.4 Å². The van der Waals surface area contributed by atoms with Crippen molar-refractivity contribution in [1.82, 2.24) is 5.32 Å². The monoisotopic (exact) mass is 278 g/mol. The van der Waals surface area contributed by atoms with Crippen molar-refractivity contribution in [2.75, 3.05) is 18.4 Å². The number of hydrogen-bond donors (Lipinski definition) is 3. The second kappa shape index (κ2) is 6.24. The van der Waals surface area contributed by atoms with Gasteiger partial charge in [-0.05, 0) is 64.0 Å². The van der Waals surface area contributed by atoms with E-state index in [4.69, 9.17) is 4.74 Å². The molecule has 1 fully saturated rings. The molecule has 20 heavy (non-hydrogen) atoms. The average Bonchev–Trinajstić information content (AvgIpc) is 2.41. The number of ether oxygens (including phenoxy) is 1. The third-order valence-electron chi connectivity index (χ3n) is 3.34. The largest absolute Gasteiger partial charge is 0.491 e. The lowest BCUT2D eigenvalue weighted by Gasteiger charge is -2.31. The number of carbonyl (C=O) groups excluding carboxylic acids is 1. The van der Waals surface area contributed by atoms with Gasteiger partial charge < -0.3 is 20.5 Å². The average molecular weight is 278 g/mol. The zero-order valence-electron chi connectivity index (χ0n) is 12.0. The molecule has 5 nitrogen and oxygen atoms in total. The summed E-state index contributed by atoms with van der Waals surface area (Å²) in [6, 6.07) is 7.17. The van der Waals surface area contributed by atoms with Gasteiger partial charge in [-0.3, -0.25) is 4.79 Å². The highest BCUT2D eigenvalue weighted by molar-refractivity contribution is 5.97. The lowest BCUT2D eigenvalue weighted by Crippen LogP contribution is -2.50. The Morgan fingerprint density at radius 2 is 1.90 bits per heavy atom. The Morgan fingerprint density at radius 1 is 1.30 bits per heavy atom. The number of anilines is 1. The van der Waals surface area contributed by atoms with Crippen molar-refractivity contribution < 1.29 is 14.6 Å². The molecule has 0 saturated carbocycles. The van der Waals surface area contributed by atoms with Crippen molar-refractivity contribution in [3.05, 3.63) is 24.3 Å². The zero-order valence-corrected chi connectivity index (χ0v) is 12.0. The first kappa shape index (κ1) is 14.8. The van der Waals surface area contributed by atoms with Crippen LogP contribution in [0.1, 0.15) is 26.7 Å². The smallest absolute Gasteiger partial charge is 0.256 e. The first-order valence-electron chi connectivity index (χ1n) is 7.01. The second-order valence-electron chi connectivity index (χ2n) is 5.43. The molecule has 1 aromatic carbocycles. The first-order valence-corrected chi connectivity index (χ1v) is 7.01. The van der Waals surface area contributed by atoms with Crippen LogP contribution in [0.25, 0.3) is 0 Å². The Balaban J connectivity index is 1.97. The Kier molecular flexibility index (Phi) is 4.62. The molecule has 1 aliphatic rings.